The van der Waals surface area contributed by atoms with Crippen LogP contribution in [0.5, 0.6) is 0 Å². The summed E-state index contributed by atoms with van der Waals surface area (Å²) in [5, 5.41) is 0. The Labute approximate surface area is 75.9 Å². The van der Waals surface area contributed by atoms with E-state index in [9.17, 15) is 0 Å². The number of rotatable bonds is 6. The van der Waals surface area contributed by atoms with Crippen molar-refractivity contribution in [1.29, 1.82) is 0 Å². The largest absolute Gasteiger partial charge is 0.385 e. The number of likely N-dealkylation sites (tertiary alicyclic amines) is 1. The van der Waals surface area contributed by atoms with Crippen LogP contribution in [-0.4, -0.2) is 38.3 Å². The van der Waals surface area contributed by atoms with Crippen LogP contribution in [-0.2, 0) is 4.74 Å². The number of hydrogen-bond donors (Lipinski definition) is 0. The van der Waals surface area contributed by atoms with Gasteiger partial charge in [0.15, 0.2) is 0 Å². The van der Waals surface area contributed by atoms with Gasteiger partial charge in [-0.1, -0.05) is 0 Å². The summed E-state index contributed by atoms with van der Waals surface area (Å²) in [5.74, 6) is 0. The second-order valence-electron chi connectivity index (χ2n) is 3.60. The van der Waals surface area contributed by atoms with Gasteiger partial charge in [-0.15, -0.1) is 0 Å². The first-order valence-electron chi connectivity index (χ1n) is 5.15. The average molecular weight is 171 g/mol. The van der Waals surface area contributed by atoms with Crippen LogP contribution < -0.4 is 0 Å². The van der Waals surface area contributed by atoms with Crippen LogP contribution in [0.15, 0.2) is 0 Å². The maximum Gasteiger partial charge on any atom is 0.0462 e. The van der Waals surface area contributed by atoms with E-state index in [4.69, 9.17) is 4.74 Å². The molecule has 2 heteroatoms. The van der Waals surface area contributed by atoms with Gasteiger partial charge in [0.1, 0.15) is 0 Å². The van der Waals surface area contributed by atoms with Crippen molar-refractivity contribution in [3.8, 4) is 0 Å². The minimum absolute atomic E-state index is 0.931. The lowest BCUT2D eigenvalue weighted by Gasteiger charge is -2.13. The summed E-state index contributed by atoms with van der Waals surface area (Å²) >= 11 is 0. The first-order valence-corrected chi connectivity index (χ1v) is 5.15. The normalized spacial score (nSPS) is 18.8. The molecule has 12 heavy (non-hydrogen) atoms. The van der Waals surface area contributed by atoms with Crippen molar-refractivity contribution in [2.24, 2.45) is 0 Å². The fraction of sp³-hybridized carbons (Fsp3) is 1.00. The maximum atomic E-state index is 5.00. The summed E-state index contributed by atoms with van der Waals surface area (Å²) < 4.78 is 5.00. The van der Waals surface area contributed by atoms with Crippen LogP contribution in [0.3, 0.4) is 0 Å². The Morgan fingerprint density at radius 1 is 1.08 bits per heavy atom. The Balaban J connectivity index is 1.81. The van der Waals surface area contributed by atoms with E-state index in [-0.39, 0.29) is 0 Å². The van der Waals surface area contributed by atoms with Gasteiger partial charge < -0.3 is 9.64 Å². The summed E-state index contributed by atoms with van der Waals surface area (Å²) in [7, 11) is 1.78. The summed E-state index contributed by atoms with van der Waals surface area (Å²) in [6.45, 7) is 4.91. The van der Waals surface area contributed by atoms with E-state index in [2.05, 4.69) is 4.90 Å². The summed E-state index contributed by atoms with van der Waals surface area (Å²) in [6, 6.07) is 0. The van der Waals surface area contributed by atoms with Gasteiger partial charge in [0, 0.05) is 13.7 Å². The highest BCUT2D eigenvalue weighted by Gasteiger charge is 2.09. The number of unbranched alkanes of at least 4 members (excludes halogenated alkanes) is 2. The predicted octanol–water partition coefficient (Wildman–Crippen LogP) is 1.90. The zero-order chi connectivity index (χ0) is 8.65. The van der Waals surface area contributed by atoms with Gasteiger partial charge in [-0.3, -0.25) is 0 Å². The minimum Gasteiger partial charge on any atom is -0.385 e. The Morgan fingerprint density at radius 2 is 1.83 bits per heavy atom. The van der Waals surface area contributed by atoms with Gasteiger partial charge >= 0.3 is 0 Å². The molecular formula is C10H21NO. The molecule has 1 aliphatic heterocycles. The molecule has 0 amide bonds. The van der Waals surface area contributed by atoms with E-state index in [0.29, 0.717) is 0 Å². The van der Waals surface area contributed by atoms with E-state index in [1.807, 2.05) is 0 Å². The lowest BCUT2D eigenvalue weighted by atomic mass is 10.2. The van der Waals surface area contributed by atoms with Crippen molar-refractivity contribution < 1.29 is 4.74 Å². The first-order chi connectivity index (χ1) is 5.93. The zero-order valence-corrected chi connectivity index (χ0v) is 8.22. The van der Waals surface area contributed by atoms with E-state index in [1.54, 1.807) is 7.11 Å². The van der Waals surface area contributed by atoms with Crippen molar-refractivity contribution in [3.63, 3.8) is 0 Å². The van der Waals surface area contributed by atoms with Gasteiger partial charge in [-0.05, 0) is 51.7 Å². The van der Waals surface area contributed by atoms with Crippen molar-refractivity contribution in [2.45, 2.75) is 32.1 Å². The summed E-state index contributed by atoms with van der Waals surface area (Å²) in [4.78, 5) is 2.58. The molecule has 0 spiro atoms. The molecule has 2 nitrogen and oxygen atoms in total. The minimum atomic E-state index is 0.931. The monoisotopic (exact) mass is 171 g/mol. The van der Waals surface area contributed by atoms with Crippen molar-refractivity contribution in [2.75, 3.05) is 33.4 Å². The second kappa shape index (κ2) is 6.44. The van der Waals surface area contributed by atoms with Crippen LogP contribution in [0.25, 0.3) is 0 Å². The molecule has 1 rings (SSSR count). The smallest absolute Gasteiger partial charge is 0.0462 e. The molecule has 1 saturated heterocycles. The van der Waals surface area contributed by atoms with Crippen LogP contribution >= 0.6 is 0 Å². The fourth-order valence-electron chi connectivity index (χ4n) is 1.76. The Bertz CT molecular complexity index is 100. The predicted molar refractivity (Wildman–Crippen MR) is 51.4 cm³/mol. The van der Waals surface area contributed by atoms with E-state index in [0.717, 1.165) is 6.61 Å². The molecule has 0 atom stereocenters. The van der Waals surface area contributed by atoms with Crippen LogP contribution in [0.4, 0.5) is 0 Å². The van der Waals surface area contributed by atoms with Crippen LogP contribution in [0.2, 0.25) is 0 Å². The molecule has 0 saturated carbocycles. The van der Waals surface area contributed by atoms with E-state index >= 15 is 0 Å². The van der Waals surface area contributed by atoms with Crippen molar-refractivity contribution >= 4 is 0 Å². The number of methoxy groups -OCH3 is 1. The maximum absolute atomic E-state index is 5.00. The molecule has 0 aromatic carbocycles. The molecule has 0 N–H and O–H groups in total. The average Bonchev–Trinajstić information content (AvgIpc) is 2.57. The summed E-state index contributed by atoms with van der Waals surface area (Å²) in [6.07, 6.45) is 6.73. The number of hydrogen-bond acceptors (Lipinski definition) is 2. The third-order valence-corrected chi connectivity index (χ3v) is 2.52. The van der Waals surface area contributed by atoms with Crippen molar-refractivity contribution in [1.82, 2.24) is 4.90 Å². The Kier molecular flexibility index (Phi) is 5.37. The highest BCUT2D eigenvalue weighted by atomic mass is 16.5. The first kappa shape index (κ1) is 10.0. The highest BCUT2D eigenvalue weighted by molar-refractivity contribution is 4.65. The Morgan fingerprint density at radius 3 is 2.50 bits per heavy atom. The molecule has 1 aliphatic rings. The van der Waals surface area contributed by atoms with Crippen molar-refractivity contribution in [3.05, 3.63) is 0 Å². The molecule has 0 aliphatic carbocycles. The zero-order valence-electron chi connectivity index (χ0n) is 8.22. The lowest BCUT2D eigenvalue weighted by molar-refractivity contribution is 0.190. The topological polar surface area (TPSA) is 12.5 Å². The summed E-state index contributed by atoms with van der Waals surface area (Å²) in [5.41, 5.74) is 0. The number of ether oxygens (including phenoxy) is 1. The number of nitrogens with zero attached hydrogens (tertiary/aromatic N) is 1. The third-order valence-electron chi connectivity index (χ3n) is 2.52. The van der Waals surface area contributed by atoms with Crippen LogP contribution in [0.1, 0.15) is 32.1 Å². The molecule has 0 radical (unpaired) electrons. The molecule has 1 heterocycles. The highest BCUT2D eigenvalue weighted by Crippen LogP contribution is 2.08. The van der Waals surface area contributed by atoms with Gasteiger partial charge in [-0.2, -0.15) is 0 Å². The van der Waals surface area contributed by atoms with E-state index < -0.39 is 0 Å². The molecule has 0 aromatic heterocycles. The lowest BCUT2D eigenvalue weighted by Crippen LogP contribution is -2.20. The molecular weight excluding hydrogens is 150 g/mol. The standard InChI is InChI=1S/C10H21NO/c1-12-10-6-2-3-7-11-8-4-5-9-11/h2-10H2,1H3. The molecule has 0 aromatic rings. The molecule has 1 fully saturated rings. The molecule has 0 unspecified atom stereocenters. The Hall–Kier alpha value is -0.0800. The molecule has 0 bridgehead atoms. The fourth-order valence-corrected chi connectivity index (χ4v) is 1.76. The van der Waals surface area contributed by atoms with Gasteiger partial charge in [0.25, 0.3) is 0 Å². The van der Waals surface area contributed by atoms with Crippen LogP contribution in [0, 0.1) is 0 Å². The quantitative estimate of drug-likeness (QED) is 0.566. The third kappa shape index (κ3) is 4.07. The van der Waals surface area contributed by atoms with Gasteiger partial charge in [0.2, 0.25) is 0 Å². The van der Waals surface area contributed by atoms with Gasteiger partial charge in [-0.25, -0.2) is 0 Å². The SMILES string of the molecule is COCCCCCN1CCCC1. The molecule has 72 valence electrons. The second-order valence-corrected chi connectivity index (χ2v) is 3.60. The van der Waals surface area contributed by atoms with E-state index in [1.165, 1.54) is 51.7 Å². The van der Waals surface area contributed by atoms with Gasteiger partial charge in [0.05, 0.1) is 0 Å².